The average Bonchev–Trinajstić information content (AvgIpc) is 2.47. The standard InChI is InChI=1S/C17H23NO4/c1-11(2)15-9-4-12(3)10-16(15)22-17(19)13-5-7-14(8-6-13)18(20)21/h5-8,11-12,15-16H,4,9-10H2,1-3H3. The van der Waals surface area contributed by atoms with E-state index in [4.69, 9.17) is 4.74 Å². The summed E-state index contributed by atoms with van der Waals surface area (Å²) in [5, 5.41) is 10.6. The first kappa shape index (κ1) is 16.5. The topological polar surface area (TPSA) is 69.4 Å². The van der Waals surface area contributed by atoms with Crippen LogP contribution in [0, 0.1) is 27.9 Å². The van der Waals surface area contributed by atoms with Gasteiger partial charge in [-0.1, -0.05) is 27.2 Å². The van der Waals surface area contributed by atoms with Crippen LogP contribution in [0.3, 0.4) is 0 Å². The summed E-state index contributed by atoms with van der Waals surface area (Å²) in [7, 11) is 0. The van der Waals surface area contributed by atoms with Gasteiger partial charge in [-0.3, -0.25) is 10.1 Å². The maximum Gasteiger partial charge on any atom is 0.338 e. The molecule has 22 heavy (non-hydrogen) atoms. The monoisotopic (exact) mass is 305 g/mol. The number of hydrogen-bond acceptors (Lipinski definition) is 4. The highest BCUT2D eigenvalue weighted by atomic mass is 16.6. The van der Waals surface area contributed by atoms with E-state index in [1.54, 1.807) is 0 Å². The molecular weight excluding hydrogens is 282 g/mol. The minimum Gasteiger partial charge on any atom is -0.458 e. The molecule has 0 aliphatic heterocycles. The van der Waals surface area contributed by atoms with Gasteiger partial charge in [-0.05, 0) is 42.7 Å². The Balaban J connectivity index is 2.07. The van der Waals surface area contributed by atoms with Crippen LogP contribution >= 0.6 is 0 Å². The molecule has 1 fully saturated rings. The van der Waals surface area contributed by atoms with E-state index in [0.29, 0.717) is 23.3 Å². The van der Waals surface area contributed by atoms with Crippen molar-refractivity contribution in [1.82, 2.24) is 0 Å². The summed E-state index contributed by atoms with van der Waals surface area (Å²) in [6.07, 6.45) is 3.08. The van der Waals surface area contributed by atoms with E-state index >= 15 is 0 Å². The number of hydrogen-bond donors (Lipinski definition) is 0. The summed E-state index contributed by atoms with van der Waals surface area (Å²) in [4.78, 5) is 22.4. The summed E-state index contributed by atoms with van der Waals surface area (Å²) in [6, 6.07) is 5.58. The average molecular weight is 305 g/mol. The third-order valence-corrected chi connectivity index (χ3v) is 4.53. The van der Waals surface area contributed by atoms with E-state index in [0.717, 1.165) is 12.8 Å². The molecule has 0 radical (unpaired) electrons. The molecule has 3 atom stereocenters. The van der Waals surface area contributed by atoms with Crippen LogP contribution in [0.1, 0.15) is 50.4 Å². The first-order valence-corrected chi connectivity index (χ1v) is 7.84. The van der Waals surface area contributed by atoms with Crippen molar-refractivity contribution in [3.05, 3.63) is 39.9 Å². The lowest BCUT2D eigenvalue weighted by molar-refractivity contribution is -0.384. The zero-order valence-electron chi connectivity index (χ0n) is 13.3. The second-order valence-electron chi connectivity index (χ2n) is 6.57. The van der Waals surface area contributed by atoms with Gasteiger partial charge >= 0.3 is 5.97 Å². The molecule has 1 aromatic rings. The van der Waals surface area contributed by atoms with E-state index in [2.05, 4.69) is 20.8 Å². The molecule has 0 amide bonds. The summed E-state index contributed by atoms with van der Waals surface area (Å²) in [6.45, 7) is 6.50. The summed E-state index contributed by atoms with van der Waals surface area (Å²) in [5.74, 6) is 1.03. The molecule has 5 heteroatoms. The molecule has 0 saturated heterocycles. The largest absolute Gasteiger partial charge is 0.458 e. The highest BCUT2D eigenvalue weighted by Gasteiger charge is 2.33. The maximum atomic E-state index is 12.3. The van der Waals surface area contributed by atoms with Crippen molar-refractivity contribution in [2.45, 2.75) is 46.1 Å². The minimum absolute atomic E-state index is 0.0251. The first-order chi connectivity index (χ1) is 10.4. The normalized spacial score (nSPS) is 25.0. The van der Waals surface area contributed by atoms with E-state index in [1.807, 2.05) is 0 Å². The zero-order valence-corrected chi connectivity index (χ0v) is 13.3. The van der Waals surface area contributed by atoms with Crippen molar-refractivity contribution >= 4 is 11.7 Å². The number of nitrogens with zero attached hydrogens (tertiary/aromatic N) is 1. The molecule has 0 bridgehead atoms. The van der Waals surface area contributed by atoms with Crippen molar-refractivity contribution < 1.29 is 14.5 Å². The molecule has 2 rings (SSSR count). The lowest BCUT2D eigenvalue weighted by Gasteiger charge is -2.36. The molecule has 1 aliphatic rings. The fourth-order valence-corrected chi connectivity index (χ4v) is 3.17. The van der Waals surface area contributed by atoms with Gasteiger partial charge in [0.05, 0.1) is 10.5 Å². The fraction of sp³-hybridized carbons (Fsp3) is 0.588. The Morgan fingerprint density at radius 2 is 1.91 bits per heavy atom. The van der Waals surface area contributed by atoms with Gasteiger partial charge in [0, 0.05) is 12.1 Å². The molecule has 0 aromatic heterocycles. The quantitative estimate of drug-likeness (QED) is 0.474. The van der Waals surface area contributed by atoms with Crippen molar-refractivity contribution in [2.75, 3.05) is 0 Å². The van der Waals surface area contributed by atoms with Gasteiger partial charge in [0.25, 0.3) is 5.69 Å². The van der Waals surface area contributed by atoms with E-state index < -0.39 is 4.92 Å². The van der Waals surface area contributed by atoms with Crippen LogP contribution < -0.4 is 0 Å². The Morgan fingerprint density at radius 1 is 1.27 bits per heavy atom. The number of nitro benzene ring substituents is 1. The van der Waals surface area contributed by atoms with Crippen molar-refractivity contribution in [1.29, 1.82) is 0 Å². The van der Waals surface area contributed by atoms with Gasteiger partial charge in [0.1, 0.15) is 6.10 Å². The van der Waals surface area contributed by atoms with Crippen molar-refractivity contribution in [3.63, 3.8) is 0 Å². The van der Waals surface area contributed by atoms with Gasteiger partial charge in [0.2, 0.25) is 0 Å². The van der Waals surface area contributed by atoms with Crippen LogP contribution in [0.15, 0.2) is 24.3 Å². The van der Waals surface area contributed by atoms with Crippen molar-refractivity contribution in [3.8, 4) is 0 Å². The Labute approximate surface area is 130 Å². The first-order valence-electron chi connectivity index (χ1n) is 7.84. The molecule has 5 nitrogen and oxygen atoms in total. The highest BCUT2D eigenvalue weighted by Crippen LogP contribution is 2.35. The van der Waals surface area contributed by atoms with Crippen LogP contribution in [-0.4, -0.2) is 17.0 Å². The third-order valence-electron chi connectivity index (χ3n) is 4.53. The summed E-state index contributed by atoms with van der Waals surface area (Å²) in [5.41, 5.74) is 0.342. The van der Waals surface area contributed by atoms with E-state index in [-0.39, 0.29) is 17.8 Å². The number of esters is 1. The summed E-state index contributed by atoms with van der Waals surface area (Å²) >= 11 is 0. The molecule has 0 N–H and O–H groups in total. The Morgan fingerprint density at radius 3 is 2.45 bits per heavy atom. The predicted molar refractivity (Wildman–Crippen MR) is 83.6 cm³/mol. The Kier molecular flexibility index (Phi) is 5.16. The molecule has 3 unspecified atom stereocenters. The number of carbonyl (C=O) groups is 1. The van der Waals surface area contributed by atoms with Gasteiger partial charge in [0.15, 0.2) is 0 Å². The summed E-state index contributed by atoms with van der Waals surface area (Å²) < 4.78 is 5.71. The molecular formula is C17H23NO4. The van der Waals surface area contributed by atoms with Gasteiger partial charge in [-0.15, -0.1) is 0 Å². The van der Waals surface area contributed by atoms with Gasteiger partial charge in [-0.25, -0.2) is 4.79 Å². The Hall–Kier alpha value is -1.91. The Bertz CT molecular complexity index is 538. The number of non-ortho nitro benzene ring substituents is 1. The van der Waals surface area contributed by atoms with Gasteiger partial charge < -0.3 is 4.74 Å². The molecule has 120 valence electrons. The number of nitro groups is 1. The highest BCUT2D eigenvalue weighted by molar-refractivity contribution is 5.89. The van der Waals surface area contributed by atoms with Crippen LogP contribution in [-0.2, 0) is 4.74 Å². The number of carbonyl (C=O) groups excluding carboxylic acids is 1. The number of benzene rings is 1. The number of ether oxygens (including phenoxy) is 1. The maximum absolute atomic E-state index is 12.3. The molecule has 1 saturated carbocycles. The second-order valence-corrected chi connectivity index (χ2v) is 6.57. The predicted octanol–water partition coefficient (Wildman–Crippen LogP) is 4.21. The van der Waals surface area contributed by atoms with Crippen LogP contribution in [0.5, 0.6) is 0 Å². The lowest BCUT2D eigenvalue weighted by Crippen LogP contribution is -2.35. The minimum atomic E-state index is -0.479. The van der Waals surface area contributed by atoms with Crippen molar-refractivity contribution in [2.24, 2.45) is 17.8 Å². The smallest absolute Gasteiger partial charge is 0.338 e. The molecule has 1 aromatic carbocycles. The van der Waals surface area contributed by atoms with Crippen LogP contribution in [0.25, 0.3) is 0 Å². The SMILES string of the molecule is CC1CCC(C(C)C)C(OC(=O)c2ccc([N+](=O)[O-])cc2)C1. The fourth-order valence-electron chi connectivity index (χ4n) is 3.17. The van der Waals surface area contributed by atoms with Gasteiger partial charge in [-0.2, -0.15) is 0 Å². The molecule has 0 spiro atoms. The molecule has 0 heterocycles. The second kappa shape index (κ2) is 6.90. The van der Waals surface area contributed by atoms with E-state index in [9.17, 15) is 14.9 Å². The van der Waals surface area contributed by atoms with Crippen LogP contribution in [0.4, 0.5) is 5.69 Å². The van der Waals surface area contributed by atoms with Crippen LogP contribution in [0.2, 0.25) is 0 Å². The lowest BCUT2D eigenvalue weighted by atomic mass is 9.75. The zero-order chi connectivity index (χ0) is 16.3. The van der Waals surface area contributed by atoms with E-state index in [1.165, 1.54) is 30.7 Å². The number of rotatable bonds is 4. The third kappa shape index (κ3) is 3.84. The molecule has 1 aliphatic carbocycles.